The zero-order chi connectivity index (χ0) is 39.9. The maximum absolute atomic E-state index is 10.5. The summed E-state index contributed by atoms with van der Waals surface area (Å²) >= 11 is 0. The van der Waals surface area contributed by atoms with Gasteiger partial charge in [0.25, 0.3) is 0 Å². The van der Waals surface area contributed by atoms with Crippen molar-refractivity contribution in [1.29, 1.82) is 10.5 Å². The topological polar surface area (TPSA) is 171 Å². The highest BCUT2D eigenvalue weighted by atomic mass is 16.5. The van der Waals surface area contributed by atoms with E-state index in [0.717, 1.165) is 50.1 Å². The van der Waals surface area contributed by atoms with E-state index in [0.29, 0.717) is 66.1 Å². The minimum absolute atomic E-state index is 0.00652. The molecule has 0 amide bonds. The summed E-state index contributed by atoms with van der Waals surface area (Å²) in [6.07, 6.45) is 3.16. The van der Waals surface area contributed by atoms with Gasteiger partial charge < -0.3 is 44.5 Å². The van der Waals surface area contributed by atoms with Gasteiger partial charge in [0.15, 0.2) is 0 Å². The summed E-state index contributed by atoms with van der Waals surface area (Å²) < 4.78 is 30.1. The lowest BCUT2D eigenvalue weighted by atomic mass is 9.91. The number of aryl methyl sites for hydroxylation is 1. The third kappa shape index (κ3) is 10.3. The van der Waals surface area contributed by atoms with E-state index in [-0.39, 0.29) is 33.0 Å². The van der Waals surface area contributed by atoms with Crippen LogP contribution < -0.4 is 34.3 Å². The van der Waals surface area contributed by atoms with Crippen molar-refractivity contribution < 1.29 is 33.9 Å². The number of nitriles is 2. The number of nitrogens with one attached hydrogen (secondary N) is 2. The number of rotatable bonds is 20. The lowest BCUT2D eigenvalue weighted by Crippen LogP contribution is -2.18. The fourth-order valence-corrected chi connectivity index (χ4v) is 6.28. The Labute approximate surface area is 327 Å². The molecule has 12 heteroatoms. The molecule has 0 spiro atoms. The lowest BCUT2D eigenvalue weighted by Gasteiger charge is -2.18. The van der Waals surface area contributed by atoms with Gasteiger partial charge in [-0.25, -0.2) is 0 Å². The van der Waals surface area contributed by atoms with Crippen molar-refractivity contribution in [2.24, 2.45) is 0 Å². The van der Waals surface area contributed by atoms with Crippen LogP contribution in [0, 0.1) is 36.5 Å². The molecule has 0 unspecified atom stereocenters. The smallest absolute Gasteiger partial charge is 0.130 e. The SMILES string of the molecule is COc1cc(OCc2cccc(-c3cccc(COc4cc(OCc5cncc(C#N)c5)c(CNCCO)cc4C)c3C#N)c2C)cc(OC)c1CNCCO. The minimum atomic E-state index is 0.00652. The van der Waals surface area contributed by atoms with Crippen molar-refractivity contribution in [3.8, 4) is 52.0 Å². The van der Waals surface area contributed by atoms with Gasteiger partial charge in [0.05, 0.1) is 44.1 Å². The van der Waals surface area contributed by atoms with Gasteiger partial charge in [-0.2, -0.15) is 10.5 Å². The Kier molecular flexibility index (Phi) is 15.0. The lowest BCUT2D eigenvalue weighted by molar-refractivity contribution is 0.281. The predicted molar refractivity (Wildman–Crippen MR) is 212 cm³/mol. The second-order valence-corrected chi connectivity index (χ2v) is 12.9. The Morgan fingerprint density at radius 1 is 0.661 bits per heavy atom. The molecule has 0 aliphatic heterocycles. The molecule has 12 nitrogen and oxygen atoms in total. The Balaban J connectivity index is 1.36. The first-order chi connectivity index (χ1) is 27.3. The number of ether oxygens (including phenoxy) is 5. The summed E-state index contributed by atoms with van der Waals surface area (Å²) in [5, 5.41) is 44.6. The molecule has 5 aromatic rings. The molecule has 0 radical (unpaired) electrons. The van der Waals surface area contributed by atoms with Crippen molar-refractivity contribution in [3.05, 3.63) is 129 Å². The van der Waals surface area contributed by atoms with Crippen LogP contribution in [0.1, 0.15) is 50.1 Å². The number of pyridine rings is 1. The Hall–Kier alpha value is -6.15. The molecule has 0 aliphatic rings. The van der Waals surface area contributed by atoms with E-state index in [1.807, 2.05) is 74.5 Å². The Morgan fingerprint density at radius 3 is 2.00 bits per heavy atom. The van der Waals surface area contributed by atoms with E-state index < -0.39 is 0 Å². The molecule has 4 aromatic carbocycles. The van der Waals surface area contributed by atoms with Crippen molar-refractivity contribution in [2.45, 2.75) is 46.8 Å². The molecule has 0 saturated heterocycles. The van der Waals surface area contributed by atoms with Gasteiger partial charge in [-0.05, 0) is 48.2 Å². The van der Waals surface area contributed by atoms with Crippen LogP contribution in [0.4, 0.5) is 0 Å². The van der Waals surface area contributed by atoms with Crippen molar-refractivity contribution >= 4 is 0 Å². The molecule has 290 valence electrons. The van der Waals surface area contributed by atoms with Gasteiger partial charge in [-0.15, -0.1) is 0 Å². The number of nitrogens with zero attached hydrogens (tertiary/aromatic N) is 3. The highest BCUT2D eigenvalue weighted by Crippen LogP contribution is 2.36. The summed E-state index contributed by atoms with van der Waals surface area (Å²) in [4.78, 5) is 4.13. The predicted octanol–water partition coefficient (Wildman–Crippen LogP) is 6.03. The average molecular weight is 758 g/mol. The molecule has 0 fully saturated rings. The standard InChI is InChI=1S/C44H47N5O7/c1-29-15-35(24-47-11-13-50)42(55-26-32-16-31(20-45)22-49-23-32)19-41(29)56-28-34-8-6-10-38(39(34)21-46)37-9-5-7-33(30(37)2)27-54-36-17-43(52-3)40(25-48-12-14-51)44(18-36)53-4/h5-10,15-19,22-23,47-48,50-51H,11-14,24-28H2,1-4H3. The number of aliphatic hydroxyl groups excluding tert-OH is 2. The van der Waals surface area contributed by atoms with Gasteiger partial charge in [-0.1, -0.05) is 36.4 Å². The first kappa shape index (κ1) is 41.0. The molecule has 1 aromatic heterocycles. The summed E-state index contributed by atoms with van der Waals surface area (Å²) in [6, 6.07) is 25.4. The molecule has 5 rings (SSSR count). The fraction of sp³-hybridized carbons (Fsp3) is 0.295. The number of aliphatic hydroxyl groups is 2. The van der Waals surface area contributed by atoms with E-state index in [1.165, 1.54) is 6.20 Å². The van der Waals surface area contributed by atoms with Crippen molar-refractivity contribution in [3.63, 3.8) is 0 Å². The van der Waals surface area contributed by atoms with E-state index in [4.69, 9.17) is 28.8 Å². The van der Waals surface area contributed by atoms with E-state index in [1.54, 1.807) is 26.5 Å². The molecule has 1 heterocycles. The van der Waals surface area contributed by atoms with Gasteiger partial charge in [0.1, 0.15) is 60.7 Å². The normalized spacial score (nSPS) is 10.7. The zero-order valence-electron chi connectivity index (χ0n) is 32.1. The fourth-order valence-electron chi connectivity index (χ4n) is 6.28. The van der Waals surface area contributed by atoms with Gasteiger partial charge in [-0.3, -0.25) is 4.98 Å². The van der Waals surface area contributed by atoms with Crippen LogP contribution in [0.3, 0.4) is 0 Å². The molecule has 0 aliphatic carbocycles. The molecule has 0 saturated carbocycles. The summed E-state index contributed by atoms with van der Waals surface area (Å²) in [5.41, 5.74) is 8.65. The number of methoxy groups -OCH3 is 2. The monoisotopic (exact) mass is 757 g/mol. The number of hydrogen-bond donors (Lipinski definition) is 4. The van der Waals surface area contributed by atoms with Crippen LogP contribution in [0.25, 0.3) is 11.1 Å². The van der Waals surface area contributed by atoms with Crippen LogP contribution in [0.15, 0.2) is 79.1 Å². The molecule has 0 bridgehead atoms. The Morgan fingerprint density at radius 2 is 1.32 bits per heavy atom. The highest BCUT2D eigenvalue weighted by Gasteiger charge is 2.18. The first-order valence-corrected chi connectivity index (χ1v) is 18.2. The summed E-state index contributed by atoms with van der Waals surface area (Å²) in [6.45, 7) is 6.41. The van der Waals surface area contributed by atoms with Crippen LogP contribution in [0.2, 0.25) is 0 Å². The molecule has 56 heavy (non-hydrogen) atoms. The summed E-state index contributed by atoms with van der Waals surface area (Å²) in [7, 11) is 3.18. The number of hydrogen-bond acceptors (Lipinski definition) is 12. The van der Waals surface area contributed by atoms with E-state index in [9.17, 15) is 15.6 Å². The van der Waals surface area contributed by atoms with Crippen LogP contribution in [-0.2, 0) is 32.9 Å². The van der Waals surface area contributed by atoms with Gasteiger partial charge in [0, 0.05) is 79.0 Å². The number of benzene rings is 4. The van der Waals surface area contributed by atoms with E-state index in [2.05, 4.69) is 27.8 Å². The second-order valence-electron chi connectivity index (χ2n) is 12.9. The molecular formula is C44H47N5O7. The van der Waals surface area contributed by atoms with Gasteiger partial charge >= 0.3 is 0 Å². The average Bonchev–Trinajstić information content (AvgIpc) is 3.22. The first-order valence-electron chi connectivity index (χ1n) is 18.2. The van der Waals surface area contributed by atoms with Crippen LogP contribution in [0.5, 0.6) is 28.7 Å². The maximum atomic E-state index is 10.5. The highest BCUT2D eigenvalue weighted by molar-refractivity contribution is 5.75. The molecule has 0 atom stereocenters. The molecule has 4 N–H and O–H groups in total. The minimum Gasteiger partial charge on any atom is -0.496 e. The zero-order valence-corrected chi connectivity index (χ0v) is 32.1. The third-order valence-electron chi connectivity index (χ3n) is 9.23. The summed E-state index contributed by atoms with van der Waals surface area (Å²) in [5.74, 6) is 2.98. The van der Waals surface area contributed by atoms with Crippen LogP contribution >= 0.6 is 0 Å². The van der Waals surface area contributed by atoms with Gasteiger partial charge in [0.2, 0.25) is 0 Å². The third-order valence-corrected chi connectivity index (χ3v) is 9.23. The quantitative estimate of drug-likeness (QED) is 0.0682. The Bertz CT molecular complexity index is 2170. The number of aromatic nitrogens is 1. The maximum Gasteiger partial charge on any atom is 0.130 e. The van der Waals surface area contributed by atoms with Crippen molar-refractivity contribution in [1.82, 2.24) is 15.6 Å². The van der Waals surface area contributed by atoms with Crippen LogP contribution in [-0.4, -0.2) is 55.7 Å². The van der Waals surface area contributed by atoms with E-state index >= 15 is 0 Å². The largest absolute Gasteiger partial charge is 0.496 e. The molecular weight excluding hydrogens is 711 g/mol. The second kappa shape index (κ2) is 20.5. The van der Waals surface area contributed by atoms with Crippen molar-refractivity contribution in [2.75, 3.05) is 40.5 Å².